The van der Waals surface area contributed by atoms with Gasteiger partial charge in [-0.3, -0.25) is 4.79 Å². The van der Waals surface area contributed by atoms with Crippen molar-refractivity contribution in [3.8, 4) is 0 Å². The second-order valence-electron chi connectivity index (χ2n) is 5.21. The molecule has 4 nitrogen and oxygen atoms in total. The van der Waals surface area contributed by atoms with Crippen molar-refractivity contribution in [2.24, 2.45) is 0 Å². The Morgan fingerprint density at radius 3 is 2.67 bits per heavy atom. The number of carbonyl (C=O) groups excluding carboxylic acids is 1. The Morgan fingerprint density at radius 1 is 1.28 bits per heavy atom. The maximum atomic E-state index is 12.2. The van der Waals surface area contributed by atoms with Crippen LogP contribution in [0, 0.1) is 0 Å². The lowest BCUT2D eigenvalue weighted by atomic mass is 10.0. The van der Waals surface area contributed by atoms with Crippen LogP contribution in [0.3, 0.4) is 0 Å². The molecule has 2 fully saturated rings. The van der Waals surface area contributed by atoms with Crippen molar-refractivity contribution in [1.29, 1.82) is 0 Å². The Balaban J connectivity index is 0.00000162. The summed E-state index contributed by atoms with van der Waals surface area (Å²) in [5, 5.41) is 3.30. The first kappa shape index (κ1) is 15.7. The van der Waals surface area contributed by atoms with Gasteiger partial charge >= 0.3 is 0 Å². The molecule has 0 spiro atoms. The van der Waals surface area contributed by atoms with Gasteiger partial charge < -0.3 is 15.0 Å². The highest BCUT2D eigenvalue weighted by molar-refractivity contribution is 5.85. The molecule has 106 valence electrons. The van der Waals surface area contributed by atoms with Crippen molar-refractivity contribution in [1.82, 2.24) is 10.2 Å². The first-order valence-electron chi connectivity index (χ1n) is 6.87. The van der Waals surface area contributed by atoms with E-state index in [1.807, 2.05) is 11.9 Å². The topological polar surface area (TPSA) is 41.6 Å². The third-order valence-corrected chi connectivity index (χ3v) is 3.74. The second-order valence-corrected chi connectivity index (χ2v) is 5.21. The molecule has 0 aromatic rings. The van der Waals surface area contributed by atoms with Crippen molar-refractivity contribution >= 4 is 18.3 Å². The van der Waals surface area contributed by atoms with Gasteiger partial charge in [0.05, 0.1) is 12.1 Å². The van der Waals surface area contributed by atoms with Crippen LogP contribution >= 0.6 is 12.4 Å². The van der Waals surface area contributed by atoms with Crippen LogP contribution in [0.4, 0.5) is 0 Å². The first-order valence-corrected chi connectivity index (χ1v) is 6.87. The molecule has 0 aromatic heterocycles. The molecule has 2 heterocycles. The fraction of sp³-hybridized carbons (Fsp3) is 0.923. The van der Waals surface area contributed by atoms with E-state index >= 15 is 0 Å². The van der Waals surface area contributed by atoms with E-state index in [4.69, 9.17) is 4.74 Å². The van der Waals surface area contributed by atoms with Gasteiger partial charge in [0.1, 0.15) is 0 Å². The van der Waals surface area contributed by atoms with Crippen molar-refractivity contribution < 1.29 is 9.53 Å². The lowest BCUT2D eigenvalue weighted by Crippen LogP contribution is -2.49. The predicted octanol–water partition coefficient (Wildman–Crippen LogP) is 1.58. The molecule has 1 amide bonds. The number of halogens is 1. The number of nitrogens with one attached hydrogen (secondary N) is 1. The van der Waals surface area contributed by atoms with Crippen molar-refractivity contribution in [2.45, 2.75) is 50.7 Å². The summed E-state index contributed by atoms with van der Waals surface area (Å²) in [5.41, 5.74) is 0. The minimum atomic E-state index is 0. The molecule has 1 N–H and O–H groups in total. The number of amides is 1. The minimum Gasteiger partial charge on any atom is -0.376 e. The third kappa shape index (κ3) is 4.41. The number of ether oxygens (including phenoxy) is 1. The predicted molar refractivity (Wildman–Crippen MR) is 74.1 cm³/mol. The summed E-state index contributed by atoms with van der Waals surface area (Å²) >= 11 is 0. The van der Waals surface area contributed by atoms with E-state index in [1.165, 1.54) is 19.3 Å². The van der Waals surface area contributed by atoms with Crippen LogP contribution in [0.1, 0.15) is 38.5 Å². The summed E-state index contributed by atoms with van der Waals surface area (Å²) in [6.07, 6.45) is 7.08. The molecule has 0 radical (unpaired) electrons. The summed E-state index contributed by atoms with van der Waals surface area (Å²) in [6.45, 7) is 2.58. The van der Waals surface area contributed by atoms with E-state index in [-0.39, 0.29) is 30.5 Å². The van der Waals surface area contributed by atoms with Crippen LogP contribution < -0.4 is 5.32 Å². The Labute approximate surface area is 116 Å². The van der Waals surface area contributed by atoms with Gasteiger partial charge in [-0.1, -0.05) is 6.42 Å². The summed E-state index contributed by atoms with van der Waals surface area (Å²) in [5.74, 6) is 0.235. The zero-order valence-electron chi connectivity index (χ0n) is 11.2. The Hall–Kier alpha value is -0.320. The Bertz CT molecular complexity index is 251. The van der Waals surface area contributed by atoms with Gasteiger partial charge in [0.25, 0.3) is 0 Å². The molecule has 0 aromatic carbocycles. The van der Waals surface area contributed by atoms with Gasteiger partial charge in [-0.15, -0.1) is 12.4 Å². The van der Waals surface area contributed by atoms with Crippen molar-refractivity contribution in [2.75, 3.05) is 26.7 Å². The normalized spacial score (nSPS) is 28.3. The summed E-state index contributed by atoms with van der Waals surface area (Å²) < 4.78 is 5.67. The van der Waals surface area contributed by atoms with E-state index in [0.29, 0.717) is 0 Å². The number of hydrogen-bond donors (Lipinski definition) is 1. The monoisotopic (exact) mass is 276 g/mol. The maximum Gasteiger partial charge on any atom is 0.239 e. The lowest BCUT2D eigenvalue weighted by Gasteiger charge is -2.31. The SMILES string of the molecule is CN(CC1CCCCO1)C(=O)C1CCCCN1.Cl. The van der Waals surface area contributed by atoms with Crippen LogP contribution in [0.2, 0.25) is 0 Å². The zero-order chi connectivity index (χ0) is 12.1. The van der Waals surface area contributed by atoms with E-state index in [9.17, 15) is 4.79 Å². The number of likely N-dealkylation sites (N-methyl/N-ethyl adjacent to an activating group) is 1. The molecule has 0 aliphatic carbocycles. The standard InChI is InChI=1S/C13H24N2O2.ClH/c1-15(10-11-6-3-5-9-17-11)13(16)12-7-2-4-8-14-12;/h11-12,14H,2-10H2,1H3;1H. The van der Waals surface area contributed by atoms with Gasteiger partial charge in [0, 0.05) is 20.2 Å². The van der Waals surface area contributed by atoms with Gasteiger partial charge in [-0.2, -0.15) is 0 Å². The maximum absolute atomic E-state index is 12.2. The summed E-state index contributed by atoms with van der Waals surface area (Å²) in [7, 11) is 1.90. The van der Waals surface area contributed by atoms with Gasteiger partial charge in [0.15, 0.2) is 0 Å². The highest BCUT2D eigenvalue weighted by Crippen LogP contribution is 2.15. The fourth-order valence-electron chi connectivity index (χ4n) is 2.68. The van der Waals surface area contributed by atoms with Gasteiger partial charge in [0.2, 0.25) is 5.91 Å². The van der Waals surface area contributed by atoms with E-state index in [1.54, 1.807) is 0 Å². The Kier molecular flexibility index (Phi) is 6.97. The lowest BCUT2D eigenvalue weighted by molar-refractivity contribution is -0.135. The van der Waals surface area contributed by atoms with Crippen molar-refractivity contribution in [3.05, 3.63) is 0 Å². The molecule has 0 saturated carbocycles. The van der Waals surface area contributed by atoms with Crippen LogP contribution in [-0.2, 0) is 9.53 Å². The van der Waals surface area contributed by atoms with Crippen LogP contribution in [-0.4, -0.2) is 49.7 Å². The molecule has 2 unspecified atom stereocenters. The van der Waals surface area contributed by atoms with E-state index in [2.05, 4.69) is 5.32 Å². The number of nitrogens with zero attached hydrogens (tertiary/aromatic N) is 1. The molecule has 2 atom stereocenters. The highest BCUT2D eigenvalue weighted by Gasteiger charge is 2.25. The molecular formula is C13H25ClN2O2. The summed E-state index contributed by atoms with van der Waals surface area (Å²) in [6, 6.07) is 0.0392. The van der Waals surface area contributed by atoms with Crippen LogP contribution in [0.15, 0.2) is 0 Å². The fourth-order valence-corrected chi connectivity index (χ4v) is 2.68. The summed E-state index contributed by atoms with van der Waals surface area (Å²) in [4.78, 5) is 14.0. The minimum absolute atomic E-state index is 0. The molecule has 0 bridgehead atoms. The molecule has 18 heavy (non-hydrogen) atoms. The van der Waals surface area contributed by atoms with Crippen LogP contribution in [0.5, 0.6) is 0 Å². The molecule has 2 rings (SSSR count). The molecular weight excluding hydrogens is 252 g/mol. The average molecular weight is 277 g/mol. The zero-order valence-corrected chi connectivity index (χ0v) is 12.0. The Morgan fingerprint density at radius 2 is 2.06 bits per heavy atom. The number of piperidine rings is 1. The van der Waals surface area contributed by atoms with Crippen LogP contribution in [0.25, 0.3) is 0 Å². The first-order chi connectivity index (χ1) is 8.27. The van der Waals surface area contributed by atoms with Gasteiger partial charge in [-0.05, 0) is 38.6 Å². The highest BCUT2D eigenvalue weighted by atomic mass is 35.5. The number of carbonyl (C=O) groups is 1. The van der Waals surface area contributed by atoms with Gasteiger partial charge in [-0.25, -0.2) is 0 Å². The van der Waals surface area contributed by atoms with Crippen molar-refractivity contribution in [3.63, 3.8) is 0 Å². The third-order valence-electron chi connectivity index (χ3n) is 3.74. The number of hydrogen-bond acceptors (Lipinski definition) is 3. The van der Waals surface area contributed by atoms with E-state index < -0.39 is 0 Å². The molecule has 2 saturated heterocycles. The van der Waals surface area contributed by atoms with E-state index in [0.717, 1.165) is 39.0 Å². The number of rotatable bonds is 3. The molecule has 2 aliphatic heterocycles. The molecule has 5 heteroatoms. The quantitative estimate of drug-likeness (QED) is 0.851. The largest absolute Gasteiger partial charge is 0.376 e. The smallest absolute Gasteiger partial charge is 0.239 e. The second kappa shape index (κ2) is 7.97. The average Bonchev–Trinajstić information content (AvgIpc) is 2.40. The molecule has 2 aliphatic rings.